The molecular weight excluding hydrogens is 241 g/mol. The molecule has 19 heavy (non-hydrogen) atoms. The third-order valence-corrected chi connectivity index (χ3v) is 3.57. The number of likely N-dealkylation sites (tertiary alicyclic amines) is 1. The normalized spacial score (nSPS) is 24.1. The van der Waals surface area contributed by atoms with Crippen molar-refractivity contribution in [1.29, 1.82) is 0 Å². The summed E-state index contributed by atoms with van der Waals surface area (Å²) in [6.45, 7) is 5.94. The lowest BCUT2D eigenvalue weighted by atomic mass is 9.93. The Morgan fingerprint density at radius 3 is 3.05 bits per heavy atom. The topological polar surface area (TPSA) is 23.5 Å². The molecule has 1 saturated heterocycles. The van der Waals surface area contributed by atoms with E-state index in [0.717, 1.165) is 19.5 Å². The summed E-state index contributed by atoms with van der Waals surface area (Å²) in [6, 6.07) is 6.28. The molecule has 2 nitrogen and oxygen atoms in total. The van der Waals surface area contributed by atoms with Crippen LogP contribution in [0.4, 0.5) is 4.39 Å². The number of nitrogens with zero attached hydrogens (tertiary/aromatic N) is 1. The van der Waals surface area contributed by atoms with Crippen molar-refractivity contribution in [1.82, 2.24) is 4.90 Å². The van der Waals surface area contributed by atoms with Crippen LogP contribution in [0.2, 0.25) is 0 Å². The van der Waals surface area contributed by atoms with Crippen LogP contribution in [-0.4, -0.2) is 29.6 Å². The fourth-order valence-electron chi connectivity index (χ4n) is 2.53. The zero-order valence-electron chi connectivity index (χ0n) is 11.1. The monoisotopic (exact) mass is 261 g/mol. The van der Waals surface area contributed by atoms with Crippen molar-refractivity contribution in [2.24, 2.45) is 0 Å². The van der Waals surface area contributed by atoms with Gasteiger partial charge in [-0.25, -0.2) is 4.39 Å². The molecule has 102 valence electrons. The summed E-state index contributed by atoms with van der Waals surface area (Å²) in [5.41, 5.74) is -0.235. The van der Waals surface area contributed by atoms with E-state index >= 15 is 0 Å². The first-order chi connectivity index (χ1) is 9.14. The second kappa shape index (κ2) is 6.13. The number of hydrogen-bond acceptors (Lipinski definition) is 2. The number of aliphatic hydroxyl groups is 1. The molecule has 3 heteroatoms. The summed E-state index contributed by atoms with van der Waals surface area (Å²) in [6.07, 6.45) is 7.33. The summed E-state index contributed by atoms with van der Waals surface area (Å²) in [5, 5.41) is 10.6. The van der Waals surface area contributed by atoms with Crippen LogP contribution in [-0.2, 0) is 5.60 Å². The number of rotatable bonds is 5. The van der Waals surface area contributed by atoms with Gasteiger partial charge in [-0.2, -0.15) is 0 Å². The van der Waals surface area contributed by atoms with Crippen LogP contribution >= 0.6 is 0 Å². The Bertz CT molecular complexity index is 472. The van der Waals surface area contributed by atoms with Crippen LogP contribution in [0.25, 0.3) is 0 Å². The molecule has 1 unspecified atom stereocenters. The highest BCUT2D eigenvalue weighted by atomic mass is 19.1. The molecule has 0 amide bonds. The molecule has 1 aromatic rings. The minimum atomic E-state index is -0.912. The summed E-state index contributed by atoms with van der Waals surface area (Å²) in [7, 11) is 0. The minimum Gasteiger partial charge on any atom is -0.384 e. The van der Waals surface area contributed by atoms with E-state index in [-0.39, 0.29) is 5.82 Å². The molecule has 1 N–H and O–H groups in total. The average Bonchev–Trinajstić information content (AvgIpc) is 2.78. The number of β-amino-alcohol motifs (C(OH)–C–C–N with tert-alkyl or cyclic N) is 1. The van der Waals surface area contributed by atoms with Gasteiger partial charge in [0.05, 0.1) is 0 Å². The smallest absolute Gasteiger partial charge is 0.123 e. The molecule has 0 aromatic heterocycles. The minimum absolute atomic E-state index is 0.293. The molecule has 2 rings (SSSR count). The second-order valence-electron chi connectivity index (χ2n) is 5.02. The van der Waals surface area contributed by atoms with Gasteiger partial charge in [0.25, 0.3) is 0 Å². The van der Waals surface area contributed by atoms with Crippen LogP contribution in [0.3, 0.4) is 0 Å². The van der Waals surface area contributed by atoms with Crippen molar-refractivity contribution >= 4 is 0 Å². The van der Waals surface area contributed by atoms with Gasteiger partial charge in [-0.15, -0.1) is 0 Å². The van der Waals surface area contributed by atoms with Gasteiger partial charge in [0, 0.05) is 19.6 Å². The van der Waals surface area contributed by atoms with E-state index in [0.29, 0.717) is 18.5 Å². The van der Waals surface area contributed by atoms with Gasteiger partial charge in [-0.05, 0) is 30.5 Å². The van der Waals surface area contributed by atoms with Gasteiger partial charge in [-0.1, -0.05) is 36.9 Å². The van der Waals surface area contributed by atoms with Crippen LogP contribution in [0, 0.1) is 5.82 Å². The van der Waals surface area contributed by atoms with E-state index in [4.69, 9.17) is 0 Å². The molecule has 1 aliphatic heterocycles. The third kappa shape index (κ3) is 3.52. The van der Waals surface area contributed by atoms with Gasteiger partial charge < -0.3 is 5.11 Å². The third-order valence-electron chi connectivity index (χ3n) is 3.57. The Hall–Kier alpha value is -1.45. The Balaban J connectivity index is 1.96. The molecular formula is C16H20FNO. The van der Waals surface area contributed by atoms with E-state index < -0.39 is 5.60 Å². The fourth-order valence-corrected chi connectivity index (χ4v) is 2.53. The summed E-state index contributed by atoms with van der Waals surface area (Å²) >= 11 is 0. The van der Waals surface area contributed by atoms with Gasteiger partial charge in [0.2, 0.25) is 0 Å². The maximum absolute atomic E-state index is 13.2. The highest BCUT2D eigenvalue weighted by Gasteiger charge is 2.37. The quantitative estimate of drug-likeness (QED) is 0.824. The Labute approximate surface area is 113 Å². The van der Waals surface area contributed by atoms with Gasteiger partial charge >= 0.3 is 0 Å². The Kier molecular flexibility index (Phi) is 4.51. The fraction of sp³-hybridized carbons (Fsp3) is 0.375. The Morgan fingerprint density at radius 1 is 1.47 bits per heavy atom. The van der Waals surface area contributed by atoms with Crippen molar-refractivity contribution in [2.45, 2.75) is 18.4 Å². The molecule has 0 spiro atoms. The second-order valence-corrected chi connectivity index (χ2v) is 5.02. The average molecular weight is 261 g/mol. The number of benzene rings is 1. The first-order valence-electron chi connectivity index (χ1n) is 6.62. The lowest BCUT2D eigenvalue weighted by molar-refractivity contribution is 0.0460. The molecule has 0 aliphatic carbocycles. The molecule has 0 saturated carbocycles. The van der Waals surface area contributed by atoms with Gasteiger partial charge in [0.15, 0.2) is 0 Å². The summed E-state index contributed by atoms with van der Waals surface area (Å²) in [5.74, 6) is -0.293. The molecule has 0 radical (unpaired) electrons. The predicted octanol–water partition coefficient (Wildman–Crippen LogP) is 2.85. The number of allylic oxidation sites excluding steroid dienone is 2. The molecule has 1 heterocycles. The van der Waals surface area contributed by atoms with E-state index in [2.05, 4.69) is 17.6 Å². The van der Waals surface area contributed by atoms with Crippen LogP contribution in [0.15, 0.2) is 49.1 Å². The molecule has 1 atom stereocenters. The first-order valence-corrected chi connectivity index (χ1v) is 6.62. The van der Waals surface area contributed by atoms with Crippen molar-refractivity contribution < 1.29 is 9.50 Å². The number of halogens is 1. The largest absolute Gasteiger partial charge is 0.384 e. The van der Waals surface area contributed by atoms with Crippen molar-refractivity contribution in [3.63, 3.8) is 0 Å². The SMILES string of the molecule is C=C/C=C/CCN1CCC(O)(c2cccc(F)c2)C1. The van der Waals surface area contributed by atoms with Gasteiger partial charge in [0.1, 0.15) is 11.4 Å². The molecule has 1 aliphatic rings. The van der Waals surface area contributed by atoms with Crippen molar-refractivity contribution in [2.75, 3.05) is 19.6 Å². The maximum Gasteiger partial charge on any atom is 0.123 e. The van der Waals surface area contributed by atoms with Crippen molar-refractivity contribution in [3.05, 3.63) is 60.5 Å². The maximum atomic E-state index is 13.2. The lowest BCUT2D eigenvalue weighted by Gasteiger charge is -2.24. The predicted molar refractivity (Wildman–Crippen MR) is 75.3 cm³/mol. The highest BCUT2D eigenvalue weighted by Crippen LogP contribution is 2.32. The molecule has 0 bridgehead atoms. The highest BCUT2D eigenvalue weighted by molar-refractivity contribution is 5.25. The zero-order chi connectivity index (χ0) is 13.7. The lowest BCUT2D eigenvalue weighted by Crippen LogP contribution is -2.31. The van der Waals surface area contributed by atoms with E-state index in [1.54, 1.807) is 18.2 Å². The first kappa shape index (κ1) is 14.0. The zero-order valence-corrected chi connectivity index (χ0v) is 11.1. The summed E-state index contributed by atoms with van der Waals surface area (Å²) in [4.78, 5) is 2.21. The van der Waals surface area contributed by atoms with Crippen molar-refractivity contribution in [3.8, 4) is 0 Å². The van der Waals surface area contributed by atoms with Crippen LogP contribution in [0.5, 0.6) is 0 Å². The summed E-state index contributed by atoms with van der Waals surface area (Å²) < 4.78 is 13.2. The molecule has 1 aromatic carbocycles. The standard InChI is InChI=1S/C16H20FNO/c1-2-3-4-5-10-18-11-9-16(19,13-18)14-7-6-8-15(17)12-14/h2-4,6-8,12,19H,1,5,9-11,13H2/b4-3+. The van der Waals surface area contributed by atoms with E-state index in [1.165, 1.54) is 12.1 Å². The van der Waals surface area contributed by atoms with Crippen LogP contribution < -0.4 is 0 Å². The molecule has 1 fully saturated rings. The van der Waals surface area contributed by atoms with E-state index in [9.17, 15) is 9.50 Å². The Morgan fingerprint density at radius 2 is 2.32 bits per heavy atom. The number of hydrogen-bond donors (Lipinski definition) is 1. The van der Waals surface area contributed by atoms with Gasteiger partial charge in [-0.3, -0.25) is 4.90 Å². The van der Waals surface area contributed by atoms with Crippen LogP contribution in [0.1, 0.15) is 18.4 Å². The van der Waals surface area contributed by atoms with E-state index in [1.807, 2.05) is 6.08 Å².